The molecule has 1 unspecified atom stereocenters. The first kappa shape index (κ1) is 14.7. The van der Waals surface area contributed by atoms with Crippen molar-refractivity contribution >= 4 is 5.78 Å². The van der Waals surface area contributed by atoms with Gasteiger partial charge in [0, 0.05) is 18.0 Å². The van der Waals surface area contributed by atoms with Crippen LogP contribution in [0.3, 0.4) is 0 Å². The van der Waals surface area contributed by atoms with Crippen LogP contribution in [-0.4, -0.2) is 10.8 Å². The van der Waals surface area contributed by atoms with E-state index in [1.807, 2.05) is 0 Å². The van der Waals surface area contributed by atoms with Gasteiger partial charge in [-0.2, -0.15) is 18.4 Å². The molecule has 0 saturated heterocycles. The number of nitrogens with zero attached hydrogens (tertiary/aromatic N) is 2. The van der Waals surface area contributed by atoms with Crippen LogP contribution >= 0.6 is 0 Å². The summed E-state index contributed by atoms with van der Waals surface area (Å²) < 4.78 is 38.2. The van der Waals surface area contributed by atoms with Crippen molar-refractivity contribution < 1.29 is 18.0 Å². The van der Waals surface area contributed by atoms with Gasteiger partial charge in [-0.05, 0) is 49.7 Å². The smallest absolute Gasteiger partial charge is 0.297 e. The number of halogens is 3. The number of alkyl halides is 3. The van der Waals surface area contributed by atoms with Crippen molar-refractivity contribution in [1.29, 1.82) is 5.26 Å². The second-order valence-corrected chi connectivity index (χ2v) is 6.98. The minimum Gasteiger partial charge on any atom is -0.297 e. The van der Waals surface area contributed by atoms with E-state index in [0.717, 1.165) is 37.9 Å². The van der Waals surface area contributed by atoms with Crippen LogP contribution in [0.15, 0.2) is 18.3 Å². The standard InChI is InChI=1S/C17H15F3N2O/c18-17(19,20)12-5-6-13(22-8-12)16(9-21)14(23)7-15(16,10-1-2-10)11-3-4-11/h5-6,8,10-11H,1-4,7H2. The van der Waals surface area contributed by atoms with Crippen LogP contribution in [0.4, 0.5) is 13.2 Å². The highest BCUT2D eigenvalue weighted by Crippen LogP contribution is 2.73. The molecule has 3 saturated carbocycles. The number of hydrogen-bond acceptors (Lipinski definition) is 3. The Hall–Kier alpha value is -1.90. The zero-order valence-electron chi connectivity index (χ0n) is 12.4. The van der Waals surface area contributed by atoms with Crippen molar-refractivity contribution in [3.05, 3.63) is 29.6 Å². The van der Waals surface area contributed by atoms with Crippen LogP contribution < -0.4 is 0 Å². The molecule has 3 nitrogen and oxygen atoms in total. The van der Waals surface area contributed by atoms with Gasteiger partial charge in [0.05, 0.1) is 17.3 Å². The maximum absolute atomic E-state index is 12.7. The lowest BCUT2D eigenvalue weighted by Crippen LogP contribution is -2.64. The van der Waals surface area contributed by atoms with Crippen molar-refractivity contribution in [3.63, 3.8) is 0 Å². The van der Waals surface area contributed by atoms with Crippen LogP contribution in [-0.2, 0) is 16.4 Å². The summed E-state index contributed by atoms with van der Waals surface area (Å²) in [5, 5.41) is 9.85. The number of carbonyl (C=O) groups excluding carboxylic acids is 1. The average Bonchev–Trinajstić information content (AvgIpc) is 3.38. The fourth-order valence-electron chi connectivity index (χ4n) is 4.50. The lowest BCUT2D eigenvalue weighted by atomic mass is 9.43. The van der Waals surface area contributed by atoms with E-state index in [1.54, 1.807) is 0 Å². The number of nitriles is 1. The average molecular weight is 320 g/mol. The fourth-order valence-corrected chi connectivity index (χ4v) is 4.50. The van der Waals surface area contributed by atoms with Crippen molar-refractivity contribution in [2.24, 2.45) is 17.3 Å². The third-order valence-electron chi connectivity index (χ3n) is 5.82. The van der Waals surface area contributed by atoms with Gasteiger partial charge >= 0.3 is 6.18 Å². The van der Waals surface area contributed by atoms with Gasteiger partial charge in [-0.15, -0.1) is 0 Å². The summed E-state index contributed by atoms with van der Waals surface area (Å²) >= 11 is 0. The molecule has 120 valence electrons. The van der Waals surface area contributed by atoms with Crippen LogP contribution in [0.5, 0.6) is 0 Å². The molecule has 0 N–H and O–H groups in total. The van der Waals surface area contributed by atoms with Gasteiger partial charge in [0.25, 0.3) is 0 Å². The molecule has 1 atom stereocenters. The van der Waals surface area contributed by atoms with Crippen molar-refractivity contribution in [2.45, 2.75) is 43.7 Å². The molecule has 1 heterocycles. The molecule has 4 rings (SSSR count). The molecule has 6 heteroatoms. The number of Topliss-reactive ketones (excluding diaryl/α,β-unsaturated/α-hetero) is 1. The summed E-state index contributed by atoms with van der Waals surface area (Å²) in [4.78, 5) is 16.4. The molecule has 0 radical (unpaired) electrons. The largest absolute Gasteiger partial charge is 0.417 e. The van der Waals surface area contributed by atoms with Gasteiger partial charge in [-0.1, -0.05) is 0 Å². The predicted octanol–water partition coefficient (Wildman–Crippen LogP) is 3.64. The van der Waals surface area contributed by atoms with Crippen LogP contribution in [0, 0.1) is 28.6 Å². The Balaban J connectivity index is 1.80. The SMILES string of the molecule is N#CC1(c2ccc(C(F)(F)F)cn2)C(=O)CC1(C1CC1)C1CC1. The first-order valence-corrected chi connectivity index (χ1v) is 7.84. The molecule has 0 spiro atoms. The lowest BCUT2D eigenvalue weighted by molar-refractivity contribution is -0.148. The summed E-state index contributed by atoms with van der Waals surface area (Å²) in [6.45, 7) is 0. The molecule has 3 fully saturated rings. The third-order valence-corrected chi connectivity index (χ3v) is 5.82. The van der Waals surface area contributed by atoms with Crippen molar-refractivity contribution in [2.75, 3.05) is 0 Å². The molecular weight excluding hydrogens is 305 g/mol. The molecule has 3 aliphatic carbocycles. The topological polar surface area (TPSA) is 53.8 Å². The summed E-state index contributed by atoms with van der Waals surface area (Å²) in [7, 11) is 0. The summed E-state index contributed by atoms with van der Waals surface area (Å²) in [5.41, 5.74) is -2.40. The van der Waals surface area contributed by atoms with E-state index >= 15 is 0 Å². The number of rotatable bonds is 3. The molecular formula is C17H15F3N2O. The number of aromatic nitrogens is 1. The van der Waals surface area contributed by atoms with Crippen LogP contribution in [0.2, 0.25) is 0 Å². The Morgan fingerprint density at radius 3 is 2.13 bits per heavy atom. The summed E-state index contributed by atoms with van der Waals surface area (Å²) in [6.07, 6.45) is 0.617. The molecule has 3 aliphatic rings. The molecule has 1 aromatic heterocycles. The molecule has 0 amide bonds. The zero-order chi connectivity index (χ0) is 16.5. The minimum absolute atomic E-state index is 0.189. The molecule has 0 aromatic carbocycles. The monoisotopic (exact) mass is 320 g/mol. The second kappa shape index (κ2) is 4.34. The Morgan fingerprint density at radius 2 is 1.78 bits per heavy atom. The Kier molecular flexibility index (Phi) is 2.77. The Bertz CT molecular complexity index is 699. The first-order valence-electron chi connectivity index (χ1n) is 7.84. The molecule has 0 aliphatic heterocycles. The van der Waals surface area contributed by atoms with E-state index in [1.165, 1.54) is 6.07 Å². The van der Waals surface area contributed by atoms with Gasteiger partial charge < -0.3 is 0 Å². The van der Waals surface area contributed by atoms with E-state index in [4.69, 9.17) is 0 Å². The fraction of sp³-hybridized carbons (Fsp3) is 0.588. The third kappa shape index (κ3) is 1.76. The van der Waals surface area contributed by atoms with Crippen LogP contribution in [0.25, 0.3) is 0 Å². The van der Waals surface area contributed by atoms with E-state index in [-0.39, 0.29) is 11.5 Å². The summed E-state index contributed by atoms with van der Waals surface area (Å²) in [6, 6.07) is 4.33. The quantitative estimate of drug-likeness (QED) is 0.854. The van der Waals surface area contributed by atoms with E-state index in [2.05, 4.69) is 11.1 Å². The van der Waals surface area contributed by atoms with Gasteiger partial charge in [0.2, 0.25) is 0 Å². The molecule has 0 bridgehead atoms. The lowest BCUT2D eigenvalue weighted by Gasteiger charge is -2.54. The van der Waals surface area contributed by atoms with E-state index < -0.39 is 22.6 Å². The van der Waals surface area contributed by atoms with Gasteiger partial charge in [0.1, 0.15) is 0 Å². The van der Waals surface area contributed by atoms with E-state index in [0.29, 0.717) is 18.3 Å². The Labute approximate surface area is 131 Å². The van der Waals surface area contributed by atoms with Gasteiger partial charge in [-0.3, -0.25) is 9.78 Å². The minimum atomic E-state index is -4.47. The highest BCUT2D eigenvalue weighted by molar-refractivity contribution is 6.01. The highest BCUT2D eigenvalue weighted by Gasteiger charge is 2.76. The molecule has 23 heavy (non-hydrogen) atoms. The van der Waals surface area contributed by atoms with Gasteiger partial charge in [0.15, 0.2) is 11.2 Å². The van der Waals surface area contributed by atoms with Gasteiger partial charge in [-0.25, -0.2) is 0 Å². The van der Waals surface area contributed by atoms with Crippen LogP contribution in [0.1, 0.15) is 43.4 Å². The number of hydrogen-bond donors (Lipinski definition) is 0. The maximum atomic E-state index is 12.7. The predicted molar refractivity (Wildman–Crippen MR) is 74.0 cm³/mol. The summed E-state index contributed by atoms with van der Waals surface area (Å²) in [5.74, 6) is 0.471. The highest BCUT2D eigenvalue weighted by atomic mass is 19.4. The zero-order valence-corrected chi connectivity index (χ0v) is 12.4. The van der Waals surface area contributed by atoms with Crippen molar-refractivity contribution in [3.8, 4) is 6.07 Å². The number of pyridine rings is 1. The number of ketones is 1. The second-order valence-electron chi connectivity index (χ2n) is 6.98. The maximum Gasteiger partial charge on any atom is 0.417 e. The first-order chi connectivity index (χ1) is 10.9. The Morgan fingerprint density at radius 1 is 1.17 bits per heavy atom. The van der Waals surface area contributed by atoms with Crippen molar-refractivity contribution in [1.82, 2.24) is 4.98 Å². The number of carbonyl (C=O) groups is 1. The molecule has 1 aromatic rings. The normalized spacial score (nSPS) is 29.7. The van der Waals surface area contributed by atoms with E-state index in [9.17, 15) is 23.2 Å².